The van der Waals surface area contributed by atoms with Crippen molar-refractivity contribution in [3.8, 4) is 17.2 Å². The first-order chi connectivity index (χ1) is 14.4. The van der Waals surface area contributed by atoms with Gasteiger partial charge in [0.15, 0.2) is 16.6 Å². The molecule has 0 unspecified atom stereocenters. The topological polar surface area (TPSA) is 64.1 Å². The fourth-order valence-corrected chi connectivity index (χ4v) is 4.29. The van der Waals surface area contributed by atoms with Crippen LogP contribution in [0.5, 0.6) is 17.2 Å². The molecule has 168 valence electrons. The molecule has 3 aromatic rings. The number of halogens is 2. The SMILES string of the molecule is COc1cccc(C(=O)N(CCN(C)C)c2nc3c(OC)ccc(Cl)c3s2)c1OC.Cl. The Labute approximate surface area is 196 Å². The van der Waals surface area contributed by atoms with Crippen molar-refractivity contribution in [2.45, 2.75) is 0 Å². The Morgan fingerprint density at radius 3 is 2.35 bits per heavy atom. The molecule has 31 heavy (non-hydrogen) atoms. The lowest BCUT2D eigenvalue weighted by molar-refractivity contribution is 0.0981. The van der Waals surface area contributed by atoms with Crippen LogP contribution in [-0.4, -0.2) is 64.3 Å². The van der Waals surface area contributed by atoms with Crippen LogP contribution in [0.2, 0.25) is 5.02 Å². The van der Waals surface area contributed by atoms with Gasteiger partial charge in [0.2, 0.25) is 0 Å². The van der Waals surface area contributed by atoms with E-state index in [0.29, 0.717) is 51.6 Å². The summed E-state index contributed by atoms with van der Waals surface area (Å²) in [6.45, 7) is 1.09. The quantitative estimate of drug-likeness (QED) is 0.464. The Balaban J connectivity index is 0.00000341. The zero-order valence-corrected chi connectivity index (χ0v) is 20.4. The van der Waals surface area contributed by atoms with Crippen molar-refractivity contribution in [3.05, 3.63) is 40.9 Å². The lowest BCUT2D eigenvalue weighted by atomic mass is 10.1. The van der Waals surface area contributed by atoms with Gasteiger partial charge in [-0.3, -0.25) is 9.69 Å². The van der Waals surface area contributed by atoms with E-state index in [9.17, 15) is 4.79 Å². The van der Waals surface area contributed by atoms with Crippen LogP contribution in [0.4, 0.5) is 5.13 Å². The summed E-state index contributed by atoms with van der Waals surface area (Å²) in [4.78, 5) is 21.9. The largest absolute Gasteiger partial charge is 0.494 e. The van der Waals surface area contributed by atoms with E-state index in [-0.39, 0.29) is 18.3 Å². The Kier molecular flexibility index (Phi) is 8.76. The van der Waals surface area contributed by atoms with Gasteiger partial charge in [0, 0.05) is 13.1 Å². The monoisotopic (exact) mass is 485 g/mol. The number of hydrogen-bond acceptors (Lipinski definition) is 7. The molecule has 0 N–H and O–H groups in total. The van der Waals surface area contributed by atoms with Crippen molar-refractivity contribution in [3.63, 3.8) is 0 Å². The number of aromatic nitrogens is 1. The van der Waals surface area contributed by atoms with Gasteiger partial charge in [-0.2, -0.15) is 0 Å². The summed E-state index contributed by atoms with van der Waals surface area (Å²) in [6.07, 6.45) is 0. The first-order valence-electron chi connectivity index (χ1n) is 9.21. The molecule has 0 fully saturated rings. The number of hydrogen-bond donors (Lipinski definition) is 0. The second-order valence-corrected chi connectivity index (χ2v) is 8.11. The number of para-hydroxylation sites is 1. The number of carbonyl (C=O) groups is 1. The minimum atomic E-state index is -0.234. The van der Waals surface area contributed by atoms with Gasteiger partial charge in [0.25, 0.3) is 5.91 Å². The number of rotatable bonds is 8. The maximum atomic E-state index is 13.6. The van der Waals surface area contributed by atoms with Crippen molar-refractivity contribution in [1.29, 1.82) is 0 Å². The molecule has 7 nitrogen and oxygen atoms in total. The molecule has 0 aliphatic carbocycles. The number of ether oxygens (including phenoxy) is 3. The predicted molar refractivity (Wildman–Crippen MR) is 128 cm³/mol. The molecule has 0 saturated carbocycles. The Morgan fingerprint density at radius 1 is 1.03 bits per heavy atom. The molecule has 0 atom stereocenters. The molecule has 0 bridgehead atoms. The average Bonchev–Trinajstić information content (AvgIpc) is 3.19. The first-order valence-corrected chi connectivity index (χ1v) is 10.4. The summed E-state index contributed by atoms with van der Waals surface area (Å²) in [6, 6.07) is 8.76. The van der Waals surface area contributed by atoms with Crippen LogP contribution in [0.15, 0.2) is 30.3 Å². The second kappa shape index (κ2) is 10.9. The molecule has 3 rings (SSSR count). The fourth-order valence-electron chi connectivity index (χ4n) is 3.01. The Bertz CT molecular complexity index is 1060. The van der Waals surface area contributed by atoms with Gasteiger partial charge in [0.1, 0.15) is 11.3 Å². The third kappa shape index (κ3) is 5.15. The summed E-state index contributed by atoms with van der Waals surface area (Å²) in [7, 11) is 8.54. The van der Waals surface area contributed by atoms with Gasteiger partial charge in [-0.05, 0) is 38.4 Å². The fraction of sp³-hybridized carbons (Fsp3) is 0.333. The molecule has 1 heterocycles. The first kappa shape index (κ1) is 25.0. The van der Waals surface area contributed by atoms with E-state index >= 15 is 0 Å². The number of methoxy groups -OCH3 is 3. The van der Waals surface area contributed by atoms with E-state index in [1.54, 1.807) is 42.3 Å². The van der Waals surface area contributed by atoms with Gasteiger partial charge in [0.05, 0.1) is 36.6 Å². The molecule has 2 aromatic carbocycles. The van der Waals surface area contributed by atoms with E-state index in [1.807, 2.05) is 19.0 Å². The van der Waals surface area contributed by atoms with Gasteiger partial charge >= 0.3 is 0 Å². The number of likely N-dealkylation sites (N-methyl/N-ethyl adjacent to an activating group) is 1. The number of thiazole rings is 1. The molecule has 0 aliphatic rings. The van der Waals surface area contributed by atoms with E-state index in [1.165, 1.54) is 25.6 Å². The maximum absolute atomic E-state index is 13.6. The van der Waals surface area contributed by atoms with Crippen LogP contribution in [-0.2, 0) is 0 Å². The summed E-state index contributed by atoms with van der Waals surface area (Å²) >= 11 is 7.73. The van der Waals surface area contributed by atoms with Crippen LogP contribution in [0.1, 0.15) is 10.4 Å². The Hall–Kier alpha value is -2.26. The summed E-state index contributed by atoms with van der Waals surface area (Å²) in [5.41, 5.74) is 1.03. The van der Waals surface area contributed by atoms with Crippen molar-refractivity contribution < 1.29 is 19.0 Å². The average molecular weight is 486 g/mol. The van der Waals surface area contributed by atoms with Gasteiger partial charge < -0.3 is 19.1 Å². The highest BCUT2D eigenvalue weighted by Gasteiger charge is 2.26. The van der Waals surface area contributed by atoms with Crippen molar-refractivity contribution in [2.75, 3.05) is 53.4 Å². The minimum Gasteiger partial charge on any atom is -0.494 e. The normalized spacial score (nSPS) is 10.7. The summed E-state index contributed by atoms with van der Waals surface area (Å²) < 4.78 is 17.0. The van der Waals surface area contributed by atoms with Crippen LogP contribution < -0.4 is 19.1 Å². The van der Waals surface area contributed by atoms with Gasteiger partial charge in [-0.15, -0.1) is 12.4 Å². The highest BCUT2D eigenvalue weighted by molar-refractivity contribution is 7.23. The van der Waals surface area contributed by atoms with Crippen LogP contribution in [0.25, 0.3) is 10.2 Å². The molecule has 0 saturated heterocycles. The van der Waals surface area contributed by atoms with Gasteiger partial charge in [-0.1, -0.05) is 29.0 Å². The molecule has 0 spiro atoms. The summed E-state index contributed by atoms with van der Waals surface area (Å²) in [5, 5.41) is 1.10. The number of benzene rings is 2. The second-order valence-electron chi connectivity index (χ2n) is 6.72. The van der Waals surface area contributed by atoms with Crippen LogP contribution in [0, 0.1) is 0 Å². The number of carbonyl (C=O) groups excluding carboxylic acids is 1. The number of amides is 1. The zero-order chi connectivity index (χ0) is 21.8. The highest BCUT2D eigenvalue weighted by Crippen LogP contribution is 2.40. The molecule has 0 radical (unpaired) electrons. The molecule has 0 aliphatic heterocycles. The van der Waals surface area contributed by atoms with E-state index in [2.05, 4.69) is 0 Å². The number of fused-ring (bicyclic) bond motifs is 1. The highest BCUT2D eigenvalue weighted by atomic mass is 35.5. The molecule has 10 heteroatoms. The van der Waals surface area contributed by atoms with Crippen molar-refractivity contribution in [2.24, 2.45) is 0 Å². The van der Waals surface area contributed by atoms with Crippen molar-refractivity contribution >= 4 is 56.6 Å². The zero-order valence-electron chi connectivity index (χ0n) is 18.0. The third-order valence-corrected chi connectivity index (χ3v) is 6.09. The Morgan fingerprint density at radius 2 is 1.74 bits per heavy atom. The summed E-state index contributed by atoms with van der Waals surface area (Å²) in [5.74, 6) is 1.25. The predicted octanol–water partition coefficient (Wildman–Crippen LogP) is 4.61. The van der Waals surface area contributed by atoms with E-state index in [4.69, 9.17) is 30.8 Å². The molecular formula is C21H25Cl2N3O4S. The van der Waals surface area contributed by atoms with Crippen LogP contribution in [0.3, 0.4) is 0 Å². The van der Waals surface area contributed by atoms with Crippen molar-refractivity contribution in [1.82, 2.24) is 9.88 Å². The number of nitrogens with zero attached hydrogens (tertiary/aromatic N) is 3. The number of anilines is 1. The lowest BCUT2D eigenvalue weighted by Crippen LogP contribution is -2.37. The molecule has 1 amide bonds. The van der Waals surface area contributed by atoms with E-state index < -0.39 is 0 Å². The molecular weight excluding hydrogens is 461 g/mol. The minimum absolute atomic E-state index is 0. The smallest absolute Gasteiger partial charge is 0.264 e. The van der Waals surface area contributed by atoms with E-state index in [0.717, 1.165) is 4.70 Å². The standard InChI is InChI=1S/C21H24ClN3O4S.ClH/c1-24(2)11-12-25(20(26)13-7-6-8-16(28-4)18(13)29-5)21-23-17-15(27-3)10-9-14(22)19(17)30-21;/h6-10H,11-12H2,1-5H3;1H. The third-order valence-electron chi connectivity index (χ3n) is 4.55. The lowest BCUT2D eigenvalue weighted by Gasteiger charge is -2.23. The molecule has 1 aromatic heterocycles. The van der Waals surface area contributed by atoms with Crippen LogP contribution >= 0.6 is 35.3 Å². The van der Waals surface area contributed by atoms with Gasteiger partial charge in [-0.25, -0.2) is 4.98 Å². The maximum Gasteiger partial charge on any atom is 0.264 e.